The zero-order valence-electron chi connectivity index (χ0n) is 40.0. The van der Waals surface area contributed by atoms with Crippen molar-refractivity contribution in [2.24, 2.45) is 23.7 Å². The largest absolute Gasteiger partial charge is 0.371 e. The van der Waals surface area contributed by atoms with Crippen LogP contribution in [0.25, 0.3) is 89.7 Å². The molecular weight excluding hydrogens is 841 g/mol. The highest BCUT2D eigenvalue weighted by Gasteiger charge is 2.31. The van der Waals surface area contributed by atoms with E-state index in [1.54, 1.807) is 0 Å². The highest BCUT2D eigenvalue weighted by molar-refractivity contribution is 6.13. The molecule has 4 atom stereocenters. The fourth-order valence-corrected chi connectivity index (χ4v) is 12.6. The van der Waals surface area contributed by atoms with Crippen LogP contribution in [0.1, 0.15) is 79.1 Å². The van der Waals surface area contributed by atoms with Crippen LogP contribution in [0, 0.1) is 23.7 Å². The summed E-state index contributed by atoms with van der Waals surface area (Å²) in [6, 6.07) is 26.5. The van der Waals surface area contributed by atoms with Gasteiger partial charge < -0.3 is 29.6 Å². The van der Waals surface area contributed by atoms with E-state index in [1.165, 1.54) is 37.1 Å². The molecule has 8 bridgehead atoms. The summed E-state index contributed by atoms with van der Waals surface area (Å²) >= 11 is 0. The number of anilines is 4. The smallest absolute Gasteiger partial charge is 0.166 e. The van der Waals surface area contributed by atoms with E-state index in [2.05, 4.69) is 130 Å². The molecule has 9 heterocycles. The number of piperidine rings is 4. The minimum Gasteiger partial charge on any atom is -0.371 e. The third kappa shape index (κ3) is 7.07. The van der Waals surface area contributed by atoms with Gasteiger partial charge in [-0.3, -0.25) is 0 Å². The number of nitrogens with zero attached hydrogens (tertiary/aromatic N) is 10. The number of benzene rings is 4. The Hall–Kier alpha value is -6.56. The molecule has 0 spiro atoms. The van der Waals surface area contributed by atoms with Crippen molar-refractivity contribution in [1.82, 2.24) is 39.9 Å². The summed E-state index contributed by atoms with van der Waals surface area (Å²) in [4.78, 5) is 51.2. The lowest BCUT2D eigenvalue weighted by atomic mass is 9.97. The van der Waals surface area contributed by atoms with Gasteiger partial charge in [0, 0.05) is 97.0 Å². The molecule has 0 saturated carbocycles. The molecule has 12 nitrogen and oxygen atoms in total. The van der Waals surface area contributed by atoms with Crippen molar-refractivity contribution in [3.05, 3.63) is 72.8 Å². The van der Waals surface area contributed by atoms with Gasteiger partial charge in [-0.05, 0) is 99.3 Å². The van der Waals surface area contributed by atoms with Gasteiger partial charge >= 0.3 is 0 Å². The van der Waals surface area contributed by atoms with Crippen LogP contribution in [0.4, 0.5) is 22.7 Å². The Bertz CT molecular complexity index is 3080. The SMILES string of the molecule is CC1CCCN(c2cccc3c2-c2nc-3nc3[nH]c(nc4nc(nc5[nH]c(n2)c2cccc(N6CCCC(C)C6)c52)-c2cccc(N5CCCC(C)C5)c2-4)c2cccc(N4CCCC(C)C4)c32)C1. The van der Waals surface area contributed by atoms with E-state index in [0.29, 0.717) is 47.0 Å². The second-order valence-electron chi connectivity index (χ2n) is 21.2. The van der Waals surface area contributed by atoms with Crippen LogP contribution < -0.4 is 19.6 Å². The lowest BCUT2D eigenvalue weighted by Gasteiger charge is -2.33. The average molecular weight is 903 g/mol. The van der Waals surface area contributed by atoms with Gasteiger partial charge in [-0.15, -0.1) is 0 Å². The van der Waals surface area contributed by atoms with E-state index in [4.69, 9.17) is 29.9 Å². The monoisotopic (exact) mass is 903 g/mol. The summed E-state index contributed by atoms with van der Waals surface area (Å²) in [7, 11) is 0. The van der Waals surface area contributed by atoms with Crippen molar-refractivity contribution in [3.63, 3.8) is 0 Å². The van der Waals surface area contributed by atoms with Gasteiger partial charge in [0.15, 0.2) is 23.3 Å². The number of aromatic nitrogens is 8. The van der Waals surface area contributed by atoms with Crippen molar-refractivity contribution in [1.29, 1.82) is 0 Å². The van der Waals surface area contributed by atoms with Gasteiger partial charge in [-0.1, -0.05) is 76.2 Å². The normalized spacial score (nSPS) is 21.9. The van der Waals surface area contributed by atoms with E-state index < -0.39 is 0 Å². The van der Waals surface area contributed by atoms with Crippen LogP contribution in [0.3, 0.4) is 0 Å². The zero-order valence-corrected chi connectivity index (χ0v) is 40.0. The molecule has 12 heteroatoms. The molecule has 4 unspecified atom stereocenters. The van der Waals surface area contributed by atoms with Crippen molar-refractivity contribution in [3.8, 4) is 45.6 Å². The first-order valence-electron chi connectivity index (χ1n) is 25.7. The van der Waals surface area contributed by atoms with Crippen LogP contribution in [0.2, 0.25) is 0 Å². The maximum atomic E-state index is 5.61. The van der Waals surface area contributed by atoms with Gasteiger partial charge in [0.05, 0.1) is 21.9 Å². The molecule has 0 amide bonds. The van der Waals surface area contributed by atoms with Crippen LogP contribution in [-0.4, -0.2) is 92.2 Å². The first kappa shape index (κ1) is 41.6. The number of fused-ring (bicyclic) bond motifs is 20. The van der Waals surface area contributed by atoms with E-state index in [0.717, 1.165) is 156 Å². The number of hydrogen-bond acceptors (Lipinski definition) is 10. The molecule has 2 N–H and O–H groups in total. The zero-order chi connectivity index (χ0) is 45.6. The average Bonchev–Trinajstić information content (AvgIpc) is 4.10. The molecule has 6 aliphatic heterocycles. The Morgan fingerprint density at radius 3 is 1.10 bits per heavy atom. The summed E-state index contributed by atoms with van der Waals surface area (Å²) in [5.41, 5.74) is 11.7. The van der Waals surface area contributed by atoms with Crippen molar-refractivity contribution in [2.75, 3.05) is 72.0 Å². The standard InChI is InChI=1S/C56H62N12/c1-33-13-9-25-65(29-33)41-21-5-17-37-45(41)53-57-49(37)62-54-47-39(19-7-23-43(47)67-27-11-15-35(3)31-67)51(59-54)64-56-48-40(20-8-24-44(48)68-28-12-16-36(4)32-68)52(60-56)63-55-46-38(50(58-55)61-53)18-6-22-42(46)66-26-10-14-34(2)30-66/h5-8,17-24,33-36H,9-16,25-32H2,1-4H3,(H2,57,58,59,60,61,62,63,64). The number of aromatic amines is 2. The second-order valence-corrected chi connectivity index (χ2v) is 21.2. The molecule has 3 aromatic heterocycles. The molecule has 7 aromatic rings. The highest BCUT2D eigenvalue weighted by atomic mass is 15.2. The van der Waals surface area contributed by atoms with Crippen molar-refractivity contribution < 1.29 is 0 Å². The van der Waals surface area contributed by atoms with Gasteiger partial charge in [0.2, 0.25) is 0 Å². The van der Waals surface area contributed by atoms with E-state index in [9.17, 15) is 0 Å². The molecule has 346 valence electrons. The molecule has 0 radical (unpaired) electrons. The summed E-state index contributed by atoms with van der Waals surface area (Å²) in [5.74, 6) is 5.01. The van der Waals surface area contributed by atoms with Crippen LogP contribution in [-0.2, 0) is 0 Å². The summed E-state index contributed by atoms with van der Waals surface area (Å²) < 4.78 is 0. The molecular formula is C56H62N12. The fourth-order valence-electron chi connectivity index (χ4n) is 12.6. The van der Waals surface area contributed by atoms with Gasteiger partial charge in [-0.25, -0.2) is 29.9 Å². The molecule has 0 aliphatic carbocycles. The lowest BCUT2D eigenvalue weighted by molar-refractivity contribution is 0.447. The van der Waals surface area contributed by atoms with E-state index >= 15 is 0 Å². The van der Waals surface area contributed by atoms with Crippen molar-refractivity contribution in [2.45, 2.75) is 79.1 Å². The number of hydrogen-bond donors (Lipinski definition) is 2. The Morgan fingerprint density at radius 2 is 0.721 bits per heavy atom. The Labute approximate surface area is 398 Å². The third-order valence-corrected chi connectivity index (χ3v) is 15.8. The maximum absolute atomic E-state index is 5.61. The van der Waals surface area contributed by atoms with Crippen LogP contribution in [0.15, 0.2) is 72.8 Å². The van der Waals surface area contributed by atoms with E-state index in [-0.39, 0.29) is 0 Å². The lowest BCUT2D eigenvalue weighted by Crippen LogP contribution is -2.34. The van der Waals surface area contributed by atoms with Gasteiger partial charge in [-0.2, -0.15) is 0 Å². The fraction of sp³-hybridized carbons (Fsp3) is 0.429. The second kappa shape index (κ2) is 16.6. The van der Waals surface area contributed by atoms with Crippen LogP contribution >= 0.6 is 0 Å². The molecule has 4 aromatic carbocycles. The van der Waals surface area contributed by atoms with Crippen molar-refractivity contribution >= 4 is 66.9 Å². The minimum absolute atomic E-state index is 0.595. The van der Waals surface area contributed by atoms with Gasteiger partial charge in [0.1, 0.15) is 22.6 Å². The summed E-state index contributed by atoms with van der Waals surface area (Å²) in [6.07, 6.45) is 9.58. The first-order valence-corrected chi connectivity index (χ1v) is 25.7. The summed E-state index contributed by atoms with van der Waals surface area (Å²) in [6.45, 7) is 17.5. The molecule has 4 saturated heterocycles. The molecule has 13 rings (SSSR count). The third-order valence-electron chi connectivity index (χ3n) is 15.8. The van der Waals surface area contributed by atoms with E-state index in [1.807, 2.05) is 0 Å². The predicted molar refractivity (Wildman–Crippen MR) is 278 cm³/mol. The maximum Gasteiger partial charge on any atom is 0.166 e. The molecule has 4 fully saturated rings. The summed E-state index contributed by atoms with van der Waals surface area (Å²) in [5, 5.41) is 4.16. The number of nitrogens with one attached hydrogen (secondary N) is 2. The first-order chi connectivity index (χ1) is 33.3. The Kier molecular flexibility index (Phi) is 10.2. The van der Waals surface area contributed by atoms with Crippen LogP contribution in [0.5, 0.6) is 0 Å². The molecule has 6 aliphatic rings. The quantitative estimate of drug-likeness (QED) is 0.176. The predicted octanol–water partition coefficient (Wildman–Crippen LogP) is 11.8. The number of H-pyrrole nitrogens is 2. The minimum atomic E-state index is 0.595. The topological polar surface area (TPSA) is 122 Å². The highest BCUT2D eigenvalue weighted by Crippen LogP contribution is 2.46. The Balaban J connectivity index is 1.16. The number of rotatable bonds is 4. The molecule has 68 heavy (non-hydrogen) atoms. The Morgan fingerprint density at radius 1 is 0.382 bits per heavy atom. The van der Waals surface area contributed by atoms with Gasteiger partial charge in [0.25, 0.3) is 0 Å².